The Morgan fingerprint density at radius 3 is 2.60 bits per heavy atom. The molecule has 5 nitrogen and oxygen atoms in total. The number of aromatic nitrogens is 2. The molecule has 128 valence electrons. The monoisotopic (exact) mass is 339 g/mol. The Morgan fingerprint density at radius 1 is 1.12 bits per heavy atom. The Labute approximate surface area is 145 Å². The van der Waals surface area contributed by atoms with Gasteiger partial charge in [0.1, 0.15) is 11.6 Å². The zero-order valence-corrected chi connectivity index (χ0v) is 14.3. The summed E-state index contributed by atoms with van der Waals surface area (Å²) in [5, 5.41) is 7.93. The van der Waals surface area contributed by atoms with Crippen LogP contribution in [-0.2, 0) is 13.5 Å². The molecular weight excluding hydrogens is 321 g/mol. The highest BCUT2D eigenvalue weighted by Crippen LogP contribution is 2.44. The van der Waals surface area contributed by atoms with E-state index in [1.807, 2.05) is 25.2 Å². The summed E-state index contributed by atoms with van der Waals surface area (Å²) in [5.74, 6) is 1.96. The smallest absolute Gasteiger partial charge is 0.161 e. The van der Waals surface area contributed by atoms with Gasteiger partial charge in [0, 0.05) is 30.3 Å². The molecule has 1 aromatic heterocycles. The van der Waals surface area contributed by atoms with Gasteiger partial charge in [0.25, 0.3) is 0 Å². The fraction of sp³-hybridized carbons (Fsp3) is 0.211. The summed E-state index contributed by atoms with van der Waals surface area (Å²) in [5.41, 5.74) is 4.86. The molecule has 0 radical (unpaired) electrons. The van der Waals surface area contributed by atoms with Crippen LogP contribution >= 0.6 is 0 Å². The minimum atomic E-state index is -0.276. The van der Waals surface area contributed by atoms with E-state index in [9.17, 15) is 4.39 Å². The van der Waals surface area contributed by atoms with Crippen LogP contribution in [-0.4, -0.2) is 24.0 Å². The molecule has 0 fully saturated rings. The van der Waals surface area contributed by atoms with Crippen LogP contribution < -0.4 is 14.8 Å². The van der Waals surface area contributed by atoms with Crippen molar-refractivity contribution in [2.24, 2.45) is 7.05 Å². The second kappa shape index (κ2) is 5.81. The maximum absolute atomic E-state index is 13.5. The molecule has 0 spiro atoms. The molecule has 0 aliphatic heterocycles. The average molecular weight is 339 g/mol. The Bertz CT molecular complexity index is 966. The number of hydrogen-bond donors (Lipinski definition) is 1. The number of benzene rings is 2. The van der Waals surface area contributed by atoms with Crippen molar-refractivity contribution in [1.29, 1.82) is 0 Å². The summed E-state index contributed by atoms with van der Waals surface area (Å²) in [6, 6.07) is 10.3. The van der Waals surface area contributed by atoms with E-state index >= 15 is 0 Å². The van der Waals surface area contributed by atoms with E-state index in [0.717, 1.165) is 34.6 Å². The molecular formula is C19H18FN3O2. The van der Waals surface area contributed by atoms with E-state index in [1.54, 1.807) is 25.0 Å². The van der Waals surface area contributed by atoms with E-state index in [1.165, 1.54) is 12.1 Å². The number of fused-ring (bicyclic) bond motifs is 3. The minimum Gasteiger partial charge on any atom is -0.493 e. The lowest BCUT2D eigenvalue weighted by atomic mass is 10.1. The van der Waals surface area contributed by atoms with E-state index in [0.29, 0.717) is 17.2 Å². The van der Waals surface area contributed by atoms with Gasteiger partial charge < -0.3 is 14.8 Å². The number of nitrogens with one attached hydrogen (secondary N) is 1. The van der Waals surface area contributed by atoms with Crippen molar-refractivity contribution in [2.75, 3.05) is 19.5 Å². The first-order chi connectivity index (χ1) is 12.1. The molecule has 1 aliphatic rings. The number of aryl methyl sites for hydroxylation is 1. The lowest BCUT2D eigenvalue weighted by Crippen LogP contribution is -2.02. The molecule has 1 heterocycles. The van der Waals surface area contributed by atoms with Crippen LogP contribution in [0.4, 0.5) is 15.9 Å². The summed E-state index contributed by atoms with van der Waals surface area (Å²) < 4.78 is 26.0. The third kappa shape index (κ3) is 2.50. The molecule has 1 aliphatic carbocycles. The molecule has 0 unspecified atom stereocenters. The fourth-order valence-electron chi connectivity index (χ4n) is 3.29. The quantitative estimate of drug-likeness (QED) is 0.613. The Hall–Kier alpha value is -3.02. The predicted octanol–water partition coefficient (Wildman–Crippen LogP) is 3.89. The third-order valence-electron chi connectivity index (χ3n) is 4.46. The van der Waals surface area contributed by atoms with Crippen LogP contribution in [0.5, 0.6) is 11.5 Å². The van der Waals surface area contributed by atoms with Crippen LogP contribution in [0.1, 0.15) is 11.1 Å². The van der Waals surface area contributed by atoms with Crippen LogP contribution in [0.15, 0.2) is 36.4 Å². The van der Waals surface area contributed by atoms with Crippen LogP contribution in [0.3, 0.4) is 0 Å². The van der Waals surface area contributed by atoms with E-state index in [-0.39, 0.29) is 5.82 Å². The molecule has 25 heavy (non-hydrogen) atoms. The normalized spacial score (nSPS) is 11.8. The van der Waals surface area contributed by atoms with Crippen molar-refractivity contribution in [2.45, 2.75) is 6.42 Å². The maximum Gasteiger partial charge on any atom is 0.161 e. The highest BCUT2D eigenvalue weighted by atomic mass is 19.1. The number of anilines is 2. The van der Waals surface area contributed by atoms with Crippen molar-refractivity contribution < 1.29 is 13.9 Å². The zero-order chi connectivity index (χ0) is 17.6. The number of hydrogen-bond acceptors (Lipinski definition) is 4. The second-order valence-corrected chi connectivity index (χ2v) is 5.98. The number of nitrogens with zero attached hydrogens (tertiary/aromatic N) is 2. The number of rotatable bonds is 4. The van der Waals surface area contributed by atoms with E-state index in [2.05, 4.69) is 10.4 Å². The van der Waals surface area contributed by atoms with Crippen molar-refractivity contribution in [1.82, 2.24) is 9.78 Å². The van der Waals surface area contributed by atoms with Crippen LogP contribution in [0, 0.1) is 5.82 Å². The molecule has 0 saturated carbocycles. The topological polar surface area (TPSA) is 48.3 Å². The molecule has 0 bridgehead atoms. The standard InChI is InChI=1S/C19H18FN3O2/c1-23-19(21-13-6-4-5-12(20)9-13)15-7-11-8-16(24-2)17(25-3)10-14(11)18(15)22-23/h4-6,8-10,21H,7H2,1-3H3. The molecule has 4 rings (SSSR count). The summed E-state index contributed by atoms with van der Waals surface area (Å²) in [4.78, 5) is 0. The van der Waals surface area contributed by atoms with Crippen molar-refractivity contribution in [3.05, 3.63) is 53.3 Å². The molecule has 3 aromatic rings. The van der Waals surface area contributed by atoms with Crippen LogP contribution in [0.2, 0.25) is 0 Å². The molecule has 6 heteroatoms. The highest BCUT2D eigenvalue weighted by molar-refractivity contribution is 5.81. The minimum absolute atomic E-state index is 0.276. The predicted molar refractivity (Wildman–Crippen MR) is 94.2 cm³/mol. The Morgan fingerprint density at radius 2 is 1.88 bits per heavy atom. The first-order valence-electron chi connectivity index (χ1n) is 7.94. The first-order valence-corrected chi connectivity index (χ1v) is 7.94. The van der Waals surface area contributed by atoms with Gasteiger partial charge in [0.05, 0.1) is 19.9 Å². The number of ether oxygens (including phenoxy) is 2. The van der Waals surface area contributed by atoms with Gasteiger partial charge in [-0.1, -0.05) is 6.07 Å². The Kier molecular flexibility index (Phi) is 3.60. The van der Waals surface area contributed by atoms with Crippen molar-refractivity contribution in [3.8, 4) is 22.8 Å². The molecule has 1 N–H and O–H groups in total. The van der Waals surface area contributed by atoms with Crippen molar-refractivity contribution >= 4 is 11.5 Å². The first kappa shape index (κ1) is 15.5. The van der Waals surface area contributed by atoms with Gasteiger partial charge in [-0.15, -0.1) is 0 Å². The second-order valence-electron chi connectivity index (χ2n) is 5.98. The third-order valence-corrected chi connectivity index (χ3v) is 4.46. The number of methoxy groups -OCH3 is 2. The van der Waals surface area contributed by atoms with Gasteiger partial charge in [-0.2, -0.15) is 5.10 Å². The lowest BCUT2D eigenvalue weighted by Gasteiger charge is -2.11. The maximum atomic E-state index is 13.5. The van der Waals surface area contributed by atoms with Crippen LogP contribution in [0.25, 0.3) is 11.3 Å². The summed E-state index contributed by atoms with van der Waals surface area (Å²) in [6.45, 7) is 0. The van der Waals surface area contributed by atoms with Gasteiger partial charge in [-0.25, -0.2) is 4.39 Å². The molecule has 0 atom stereocenters. The van der Waals surface area contributed by atoms with Gasteiger partial charge in [-0.05, 0) is 35.9 Å². The lowest BCUT2D eigenvalue weighted by molar-refractivity contribution is 0.355. The van der Waals surface area contributed by atoms with Gasteiger partial charge >= 0.3 is 0 Å². The SMILES string of the molecule is COc1cc2c(cc1OC)-c1nn(C)c(Nc3cccc(F)c3)c1C2. The average Bonchev–Trinajstić information content (AvgIpc) is 3.09. The van der Waals surface area contributed by atoms with E-state index in [4.69, 9.17) is 9.47 Å². The zero-order valence-electron chi connectivity index (χ0n) is 14.3. The highest BCUT2D eigenvalue weighted by Gasteiger charge is 2.28. The number of halogens is 1. The van der Waals surface area contributed by atoms with Gasteiger partial charge in [0.2, 0.25) is 0 Å². The fourth-order valence-corrected chi connectivity index (χ4v) is 3.29. The summed E-state index contributed by atoms with van der Waals surface area (Å²) in [6.07, 6.45) is 0.733. The summed E-state index contributed by atoms with van der Waals surface area (Å²) >= 11 is 0. The van der Waals surface area contributed by atoms with E-state index < -0.39 is 0 Å². The van der Waals surface area contributed by atoms with Gasteiger partial charge in [0.15, 0.2) is 11.5 Å². The molecule has 0 saturated heterocycles. The Balaban J connectivity index is 1.77. The van der Waals surface area contributed by atoms with Crippen molar-refractivity contribution in [3.63, 3.8) is 0 Å². The largest absolute Gasteiger partial charge is 0.493 e. The molecule has 2 aromatic carbocycles. The van der Waals surface area contributed by atoms with Gasteiger partial charge in [-0.3, -0.25) is 4.68 Å². The molecule has 0 amide bonds. The summed E-state index contributed by atoms with van der Waals surface area (Å²) in [7, 11) is 5.12.